The van der Waals surface area contributed by atoms with Crippen LogP contribution in [0.2, 0.25) is 10.0 Å². The second-order valence-electron chi connectivity index (χ2n) is 6.66. The van der Waals surface area contributed by atoms with Crippen molar-refractivity contribution in [1.82, 2.24) is 0 Å². The molecule has 1 heterocycles. The molecule has 1 aromatic heterocycles. The molecule has 10 nitrogen and oxygen atoms in total. The van der Waals surface area contributed by atoms with E-state index in [1.807, 2.05) is 19.9 Å². The minimum absolute atomic E-state index is 0.0324. The molecule has 39 heavy (non-hydrogen) atoms. The second kappa shape index (κ2) is 22.3. The standard InChI is InChI=1S/C11H15Cl2O2PS3.C6H12N2O4S2.C4H4O2/c1-3-14-16(17,15-4-2)19-8-18-11-7-9(12)5-6-10(11)13;7-3(5(9)10)1-13-14-2-4(8)6(11)12;5-4-2-1-3-6-4/h5-7H,3-4,8H2,1-2H3;3-4H,1-2,7-8H2,(H,9,10)(H,11,12);1-3,5H. The Hall–Kier alpha value is -0.290. The van der Waals surface area contributed by atoms with Crippen LogP contribution in [0.4, 0.5) is 0 Å². The molecular formula is C21H31Cl2N2O8PS5. The lowest BCUT2D eigenvalue weighted by Gasteiger charge is -2.19. The summed E-state index contributed by atoms with van der Waals surface area (Å²) in [5.74, 6) is -1.71. The summed E-state index contributed by atoms with van der Waals surface area (Å²) in [4.78, 5) is 21.5. The van der Waals surface area contributed by atoms with Gasteiger partial charge in [-0.2, -0.15) is 0 Å². The van der Waals surface area contributed by atoms with Crippen LogP contribution in [0.25, 0.3) is 0 Å². The van der Waals surface area contributed by atoms with Crippen LogP contribution in [-0.2, 0) is 30.4 Å². The van der Waals surface area contributed by atoms with Crippen LogP contribution in [0.5, 0.6) is 5.95 Å². The molecule has 7 N–H and O–H groups in total. The van der Waals surface area contributed by atoms with Crippen molar-refractivity contribution in [2.75, 3.05) is 29.8 Å². The minimum Gasteiger partial charge on any atom is -0.481 e. The molecule has 222 valence electrons. The van der Waals surface area contributed by atoms with Crippen molar-refractivity contribution in [2.24, 2.45) is 11.5 Å². The van der Waals surface area contributed by atoms with Crippen molar-refractivity contribution in [2.45, 2.75) is 30.8 Å². The van der Waals surface area contributed by atoms with E-state index < -0.39 is 29.7 Å². The molecule has 0 saturated carbocycles. The molecule has 0 amide bonds. The van der Waals surface area contributed by atoms with Gasteiger partial charge >= 0.3 is 11.9 Å². The van der Waals surface area contributed by atoms with E-state index >= 15 is 0 Å². The summed E-state index contributed by atoms with van der Waals surface area (Å²) < 4.78 is 15.5. The Kier molecular flexibility index (Phi) is 22.2. The van der Waals surface area contributed by atoms with E-state index in [1.165, 1.54) is 45.3 Å². The number of hydrogen-bond donors (Lipinski definition) is 5. The highest BCUT2D eigenvalue weighted by Crippen LogP contribution is 2.62. The van der Waals surface area contributed by atoms with Crippen LogP contribution < -0.4 is 11.5 Å². The fourth-order valence-electron chi connectivity index (χ4n) is 1.83. The highest BCUT2D eigenvalue weighted by molar-refractivity contribution is 8.76. The van der Waals surface area contributed by atoms with Crippen LogP contribution in [0.1, 0.15) is 13.8 Å². The number of rotatable bonds is 15. The largest absolute Gasteiger partial charge is 0.481 e. The third kappa shape index (κ3) is 19.5. The number of benzene rings is 1. The van der Waals surface area contributed by atoms with Crippen molar-refractivity contribution in [3.8, 4) is 5.95 Å². The van der Waals surface area contributed by atoms with Crippen molar-refractivity contribution < 1.29 is 38.4 Å². The monoisotopic (exact) mass is 700 g/mol. The number of furan rings is 1. The third-order valence-corrected chi connectivity index (χ3v) is 13.9. The number of halogens is 2. The average molecular weight is 702 g/mol. The molecule has 18 heteroatoms. The Labute approximate surface area is 258 Å². The fourth-order valence-corrected chi connectivity index (χ4v) is 11.6. The maximum Gasteiger partial charge on any atom is 0.321 e. The first-order valence-corrected chi connectivity index (χ1v) is 19.4. The van der Waals surface area contributed by atoms with E-state index in [2.05, 4.69) is 4.42 Å². The maximum atomic E-state index is 10.3. The highest BCUT2D eigenvalue weighted by atomic mass is 35.5. The molecule has 0 saturated heterocycles. The summed E-state index contributed by atoms with van der Waals surface area (Å²) in [6, 6.07) is 6.65. The summed E-state index contributed by atoms with van der Waals surface area (Å²) in [5.41, 5.74) is 8.19. The van der Waals surface area contributed by atoms with E-state index in [1.54, 1.807) is 30.0 Å². The summed E-state index contributed by atoms with van der Waals surface area (Å²) >= 11 is 20.6. The topological polar surface area (TPSA) is 178 Å². The summed E-state index contributed by atoms with van der Waals surface area (Å²) in [6.07, 6.45) is 1.41. The van der Waals surface area contributed by atoms with Crippen molar-refractivity contribution >= 4 is 97.4 Å². The van der Waals surface area contributed by atoms with E-state index in [9.17, 15) is 9.59 Å². The normalized spacial score (nSPS) is 12.4. The quantitative estimate of drug-likeness (QED) is 0.0462. The molecule has 0 aliphatic carbocycles. The SMILES string of the molecule is CCOP(=S)(OCC)SCSc1cc(Cl)ccc1Cl.NC(CSSCC(N)C(=O)O)C(=O)O.Oc1ccco1. The van der Waals surface area contributed by atoms with Gasteiger partial charge in [-0.05, 0) is 49.9 Å². The molecule has 0 aliphatic rings. The minimum atomic E-state index is -2.23. The Morgan fingerprint density at radius 1 is 1.05 bits per heavy atom. The zero-order valence-electron chi connectivity index (χ0n) is 20.9. The lowest BCUT2D eigenvalue weighted by Crippen LogP contribution is -2.33. The zero-order chi connectivity index (χ0) is 29.8. The Morgan fingerprint density at radius 2 is 1.59 bits per heavy atom. The number of carboxylic acid groups (broad SMARTS) is 2. The predicted octanol–water partition coefficient (Wildman–Crippen LogP) is 6.25. The van der Waals surface area contributed by atoms with E-state index in [0.717, 1.165) is 9.98 Å². The molecular weight excluding hydrogens is 670 g/mol. The maximum absolute atomic E-state index is 10.3. The van der Waals surface area contributed by atoms with Crippen molar-refractivity contribution in [3.05, 3.63) is 46.6 Å². The first kappa shape index (κ1) is 38.7. The third-order valence-electron chi connectivity index (χ3n) is 3.61. The molecule has 2 rings (SSSR count). The van der Waals surface area contributed by atoms with Gasteiger partial charge in [0.2, 0.25) is 5.69 Å². The number of aliphatic carboxylic acids is 2. The van der Waals surface area contributed by atoms with Gasteiger partial charge in [0.25, 0.3) is 5.95 Å². The fraction of sp³-hybridized carbons (Fsp3) is 0.429. The Morgan fingerprint density at radius 3 is 1.97 bits per heavy atom. The van der Waals surface area contributed by atoms with E-state index in [4.69, 9.17) is 70.8 Å². The molecule has 0 fully saturated rings. The molecule has 0 spiro atoms. The predicted molar refractivity (Wildman–Crippen MR) is 169 cm³/mol. The van der Waals surface area contributed by atoms with Crippen LogP contribution >= 0.6 is 73.6 Å². The first-order valence-electron chi connectivity index (χ1n) is 10.9. The van der Waals surface area contributed by atoms with E-state index in [0.29, 0.717) is 23.3 Å². The molecule has 0 radical (unpaired) electrons. The van der Waals surface area contributed by atoms with Gasteiger partial charge in [-0.3, -0.25) is 9.59 Å². The van der Waals surface area contributed by atoms with Crippen LogP contribution in [0.15, 0.2) is 45.9 Å². The average Bonchev–Trinajstić information content (AvgIpc) is 3.35. The van der Waals surface area contributed by atoms with Crippen molar-refractivity contribution in [1.29, 1.82) is 0 Å². The zero-order valence-corrected chi connectivity index (χ0v) is 27.4. The number of carboxylic acids is 2. The summed E-state index contributed by atoms with van der Waals surface area (Å²) in [7, 11) is 2.41. The smallest absolute Gasteiger partial charge is 0.321 e. The van der Waals surface area contributed by atoms with Gasteiger partial charge in [0.15, 0.2) is 0 Å². The molecule has 2 aromatic rings. The van der Waals surface area contributed by atoms with Crippen molar-refractivity contribution in [3.63, 3.8) is 0 Å². The molecule has 1 aromatic carbocycles. The molecule has 2 unspecified atom stereocenters. The van der Waals surface area contributed by atoms with Gasteiger partial charge in [0.05, 0.1) is 29.6 Å². The van der Waals surface area contributed by atoms with Gasteiger partial charge in [0, 0.05) is 27.5 Å². The van der Waals surface area contributed by atoms with Crippen LogP contribution in [0.3, 0.4) is 0 Å². The number of nitrogens with two attached hydrogens (primary N) is 2. The van der Waals surface area contributed by atoms with Gasteiger partial charge in [-0.15, -0.1) is 11.8 Å². The molecule has 0 aliphatic heterocycles. The van der Waals surface area contributed by atoms with Crippen LogP contribution in [-0.4, -0.2) is 69.1 Å². The van der Waals surface area contributed by atoms with Gasteiger partial charge < -0.3 is 40.3 Å². The van der Waals surface area contributed by atoms with Gasteiger partial charge in [-0.25, -0.2) is 0 Å². The number of aromatic hydroxyl groups is 1. The summed E-state index contributed by atoms with van der Waals surface area (Å²) in [6.45, 7) is 4.96. The Bertz CT molecular complexity index is 994. The van der Waals surface area contributed by atoms with Gasteiger partial charge in [-0.1, -0.05) is 56.2 Å². The van der Waals surface area contributed by atoms with Gasteiger partial charge in [0.1, 0.15) is 12.1 Å². The lowest BCUT2D eigenvalue weighted by molar-refractivity contribution is -0.138. The van der Waals surface area contributed by atoms with Crippen LogP contribution in [0, 0.1) is 0 Å². The summed E-state index contributed by atoms with van der Waals surface area (Å²) in [5, 5.41) is 27.2. The number of thioether (sulfide) groups is 1. The molecule has 2 atom stereocenters. The highest BCUT2D eigenvalue weighted by Gasteiger charge is 2.19. The number of hydrogen-bond acceptors (Lipinski definition) is 13. The Balaban J connectivity index is 0.000000628. The molecule has 0 bridgehead atoms. The first-order chi connectivity index (χ1) is 18.3. The lowest BCUT2D eigenvalue weighted by atomic mass is 10.4. The second-order valence-corrected chi connectivity index (χ2v) is 17.7. The van der Waals surface area contributed by atoms with E-state index in [-0.39, 0.29) is 17.5 Å². The number of carbonyl (C=O) groups is 2.